The number of nitrogens with one attached hydrogen (secondary N) is 2. The number of hydrogen-bond acceptors (Lipinski definition) is 5. The lowest BCUT2D eigenvalue weighted by Crippen LogP contribution is -2.28. The fourth-order valence-corrected chi connectivity index (χ4v) is 4.36. The van der Waals surface area contributed by atoms with Gasteiger partial charge in [-0.05, 0) is 59.6 Å². The van der Waals surface area contributed by atoms with E-state index in [9.17, 15) is 9.18 Å². The van der Waals surface area contributed by atoms with Gasteiger partial charge in [0.25, 0.3) is 5.56 Å². The third kappa shape index (κ3) is 3.34. The maximum atomic E-state index is 14.1. The van der Waals surface area contributed by atoms with Crippen LogP contribution in [-0.2, 0) is 0 Å². The first kappa shape index (κ1) is 20.3. The molecule has 3 heterocycles. The first-order valence-electron chi connectivity index (χ1n) is 9.96. The molecular weight excluding hydrogens is 475 g/mol. The Hall–Kier alpha value is -3.59. The molecule has 160 valence electrons. The van der Waals surface area contributed by atoms with Gasteiger partial charge in [-0.1, -0.05) is 18.2 Å². The van der Waals surface area contributed by atoms with Crippen LogP contribution in [0.15, 0.2) is 64.3 Å². The van der Waals surface area contributed by atoms with Crippen molar-refractivity contribution in [2.45, 2.75) is 19.9 Å². The second-order valence-electron chi connectivity index (χ2n) is 7.51. The Morgan fingerprint density at radius 3 is 2.78 bits per heavy atom. The summed E-state index contributed by atoms with van der Waals surface area (Å²) >= 11 is 3.51. The van der Waals surface area contributed by atoms with E-state index in [1.807, 2.05) is 32.0 Å². The molecular formula is C23H18BrFN6O. The summed E-state index contributed by atoms with van der Waals surface area (Å²) in [5.41, 5.74) is 2.23. The number of anilines is 1. The molecule has 0 saturated heterocycles. The summed E-state index contributed by atoms with van der Waals surface area (Å²) in [6.45, 7) is 3.75. The molecule has 0 amide bonds. The number of halogens is 2. The molecule has 0 aliphatic carbocycles. The van der Waals surface area contributed by atoms with Crippen LogP contribution in [0.1, 0.15) is 24.4 Å². The summed E-state index contributed by atoms with van der Waals surface area (Å²) in [7, 11) is 0. The molecule has 0 fully saturated rings. The van der Waals surface area contributed by atoms with E-state index in [0.29, 0.717) is 33.9 Å². The lowest BCUT2D eigenvalue weighted by atomic mass is 10.1. The highest BCUT2D eigenvalue weighted by atomic mass is 79.9. The number of benzene rings is 2. The van der Waals surface area contributed by atoms with Crippen molar-refractivity contribution in [1.29, 1.82) is 0 Å². The standard InChI is InChI=1S/C23H18BrFN6O/c1-12-5-3-8-17-18(12)23(32)31(15-7-4-6-14(25)9-15)22(30-17)13(2)29-21-19-16(24)10-26-20(19)27-11-28-21/h3-11,13H,1-2H3,(H2,26,27,28,29). The van der Waals surface area contributed by atoms with E-state index >= 15 is 0 Å². The summed E-state index contributed by atoms with van der Waals surface area (Å²) in [5, 5.41) is 4.64. The van der Waals surface area contributed by atoms with Crippen molar-refractivity contribution >= 4 is 43.7 Å². The van der Waals surface area contributed by atoms with Gasteiger partial charge >= 0.3 is 0 Å². The molecule has 5 aromatic rings. The number of aryl methyl sites for hydroxylation is 1. The molecule has 2 N–H and O–H groups in total. The van der Waals surface area contributed by atoms with Crippen molar-refractivity contribution in [3.63, 3.8) is 0 Å². The Kier molecular flexibility index (Phi) is 4.97. The predicted molar refractivity (Wildman–Crippen MR) is 126 cm³/mol. The summed E-state index contributed by atoms with van der Waals surface area (Å²) < 4.78 is 16.3. The molecule has 0 bridgehead atoms. The first-order chi connectivity index (χ1) is 15.4. The molecule has 0 saturated carbocycles. The number of fused-ring (bicyclic) bond motifs is 2. The highest BCUT2D eigenvalue weighted by molar-refractivity contribution is 9.10. The molecule has 1 unspecified atom stereocenters. The number of rotatable bonds is 4. The number of H-pyrrole nitrogens is 1. The summed E-state index contributed by atoms with van der Waals surface area (Å²) in [5.74, 6) is 0.594. The minimum Gasteiger partial charge on any atom is -0.360 e. The van der Waals surface area contributed by atoms with Gasteiger partial charge in [-0.25, -0.2) is 19.3 Å². The highest BCUT2D eigenvalue weighted by Crippen LogP contribution is 2.30. The Morgan fingerprint density at radius 1 is 1.16 bits per heavy atom. The predicted octanol–water partition coefficient (Wildman–Crippen LogP) is 5.04. The Morgan fingerprint density at radius 2 is 1.97 bits per heavy atom. The van der Waals surface area contributed by atoms with Crippen molar-refractivity contribution in [2.24, 2.45) is 0 Å². The average Bonchev–Trinajstić information content (AvgIpc) is 3.15. The van der Waals surface area contributed by atoms with Crippen LogP contribution >= 0.6 is 15.9 Å². The SMILES string of the molecule is Cc1cccc2nc(C(C)Nc3ncnc4[nH]cc(Br)c34)n(-c3cccc(F)c3)c(=O)c12. The minimum absolute atomic E-state index is 0.252. The average molecular weight is 493 g/mol. The zero-order valence-electron chi connectivity index (χ0n) is 17.2. The van der Waals surface area contributed by atoms with Crippen LogP contribution in [0.2, 0.25) is 0 Å². The van der Waals surface area contributed by atoms with Crippen molar-refractivity contribution in [3.8, 4) is 5.69 Å². The zero-order chi connectivity index (χ0) is 22.4. The highest BCUT2D eigenvalue weighted by Gasteiger charge is 2.21. The second kappa shape index (κ2) is 7.83. The normalized spacial score (nSPS) is 12.4. The monoisotopic (exact) mass is 492 g/mol. The van der Waals surface area contributed by atoms with Crippen LogP contribution in [0, 0.1) is 12.7 Å². The minimum atomic E-state index is -0.434. The van der Waals surface area contributed by atoms with Gasteiger partial charge in [0.2, 0.25) is 0 Å². The summed E-state index contributed by atoms with van der Waals surface area (Å²) in [6.07, 6.45) is 3.24. The van der Waals surface area contributed by atoms with Gasteiger partial charge in [-0.3, -0.25) is 9.36 Å². The fraction of sp³-hybridized carbons (Fsp3) is 0.130. The van der Waals surface area contributed by atoms with Gasteiger partial charge in [0.05, 0.1) is 28.0 Å². The van der Waals surface area contributed by atoms with Crippen molar-refractivity contribution < 1.29 is 4.39 Å². The fourth-order valence-electron chi connectivity index (χ4n) is 3.87. The quantitative estimate of drug-likeness (QED) is 0.366. The van der Waals surface area contributed by atoms with Gasteiger partial charge < -0.3 is 10.3 Å². The Balaban J connectivity index is 1.73. The van der Waals surface area contributed by atoms with Crippen LogP contribution in [-0.4, -0.2) is 24.5 Å². The third-order valence-corrected chi connectivity index (χ3v) is 5.99. The van der Waals surface area contributed by atoms with E-state index in [-0.39, 0.29) is 5.56 Å². The van der Waals surface area contributed by atoms with Gasteiger partial charge in [-0.2, -0.15) is 0 Å². The van der Waals surface area contributed by atoms with Gasteiger partial charge in [0, 0.05) is 10.7 Å². The summed E-state index contributed by atoms with van der Waals surface area (Å²) in [6, 6.07) is 11.0. The zero-order valence-corrected chi connectivity index (χ0v) is 18.8. The van der Waals surface area contributed by atoms with Crippen LogP contribution in [0.3, 0.4) is 0 Å². The molecule has 9 heteroatoms. The molecule has 0 aliphatic heterocycles. The van der Waals surface area contributed by atoms with Gasteiger partial charge in [-0.15, -0.1) is 0 Å². The molecule has 0 spiro atoms. The van der Waals surface area contributed by atoms with Crippen LogP contribution in [0.5, 0.6) is 0 Å². The second-order valence-corrected chi connectivity index (χ2v) is 8.36. The Labute approximate surface area is 190 Å². The smallest absolute Gasteiger partial charge is 0.266 e. The molecule has 1 atom stereocenters. The molecule has 32 heavy (non-hydrogen) atoms. The topological polar surface area (TPSA) is 88.5 Å². The van der Waals surface area contributed by atoms with E-state index in [0.717, 1.165) is 15.4 Å². The van der Waals surface area contributed by atoms with E-state index in [1.54, 1.807) is 18.3 Å². The number of hydrogen-bond donors (Lipinski definition) is 2. The van der Waals surface area contributed by atoms with E-state index in [1.165, 1.54) is 23.0 Å². The van der Waals surface area contributed by atoms with Crippen LogP contribution in [0.25, 0.3) is 27.6 Å². The molecule has 0 aliphatic rings. The van der Waals surface area contributed by atoms with E-state index in [4.69, 9.17) is 4.98 Å². The molecule has 0 radical (unpaired) electrons. The van der Waals surface area contributed by atoms with Crippen molar-refractivity contribution in [2.75, 3.05) is 5.32 Å². The first-order valence-corrected chi connectivity index (χ1v) is 10.8. The summed E-state index contributed by atoms with van der Waals surface area (Å²) in [4.78, 5) is 30.1. The maximum absolute atomic E-state index is 14.1. The number of aromatic nitrogens is 5. The lowest BCUT2D eigenvalue weighted by Gasteiger charge is -2.21. The van der Waals surface area contributed by atoms with Crippen molar-refractivity contribution in [1.82, 2.24) is 24.5 Å². The van der Waals surface area contributed by atoms with Crippen molar-refractivity contribution in [3.05, 3.63) is 87.0 Å². The number of aromatic amines is 1. The van der Waals surface area contributed by atoms with E-state index < -0.39 is 11.9 Å². The number of nitrogens with zero attached hydrogens (tertiary/aromatic N) is 4. The Bertz CT molecular complexity index is 1540. The lowest BCUT2D eigenvalue weighted by molar-refractivity contribution is 0.624. The third-order valence-electron chi connectivity index (χ3n) is 5.36. The molecule has 7 nitrogen and oxygen atoms in total. The van der Waals surface area contributed by atoms with E-state index in [2.05, 4.69) is 36.2 Å². The largest absolute Gasteiger partial charge is 0.360 e. The van der Waals surface area contributed by atoms with Gasteiger partial charge in [0.1, 0.15) is 29.4 Å². The van der Waals surface area contributed by atoms with Gasteiger partial charge in [0.15, 0.2) is 0 Å². The molecule has 2 aromatic carbocycles. The van der Waals surface area contributed by atoms with Crippen LogP contribution < -0.4 is 10.9 Å². The molecule has 5 rings (SSSR count). The maximum Gasteiger partial charge on any atom is 0.266 e. The molecule has 3 aromatic heterocycles. The van der Waals surface area contributed by atoms with Crippen LogP contribution in [0.4, 0.5) is 10.2 Å².